The third kappa shape index (κ3) is 4.64. The zero-order valence-electron chi connectivity index (χ0n) is 15.2. The summed E-state index contributed by atoms with van der Waals surface area (Å²) in [6, 6.07) is 8.25. The molecular formula is C19H29N3O3. The molecule has 1 amide bonds. The number of anilines is 1. The lowest BCUT2D eigenvalue weighted by atomic mass is 10.0. The maximum Gasteiger partial charge on any atom is 0.241 e. The average molecular weight is 347 g/mol. The summed E-state index contributed by atoms with van der Waals surface area (Å²) in [4.78, 5) is 17.0. The summed E-state index contributed by atoms with van der Waals surface area (Å²) in [5.74, 6) is 0.912. The highest BCUT2D eigenvalue weighted by Gasteiger charge is 2.29. The molecule has 1 atom stereocenters. The van der Waals surface area contributed by atoms with E-state index in [0.29, 0.717) is 18.7 Å². The first-order chi connectivity index (χ1) is 12.2. The van der Waals surface area contributed by atoms with Gasteiger partial charge in [0.15, 0.2) is 0 Å². The number of hydrogen-bond donors (Lipinski definition) is 1. The molecule has 25 heavy (non-hydrogen) atoms. The molecule has 0 aliphatic carbocycles. The van der Waals surface area contributed by atoms with E-state index in [2.05, 4.69) is 17.1 Å². The van der Waals surface area contributed by atoms with Crippen molar-refractivity contribution in [1.29, 1.82) is 0 Å². The van der Waals surface area contributed by atoms with Crippen molar-refractivity contribution in [3.8, 4) is 5.75 Å². The average Bonchev–Trinajstić information content (AvgIpc) is 2.66. The van der Waals surface area contributed by atoms with E-state index in [1.807, 2.05) is 29.2 Å². The molecule has 0 bridgehead atoms. The van der Waals surface area contributed by atoms with E-state index in [4.69, 9.17) is 9.47 Å². The van der Waals surface area contributed by atoms with Gasteiger partial charge in [0.05, 0.1) is 32.1 Å². The lowest BCUT2D eigenvalue weighted by molar-refractivity contribution is -0.131. The number of piperidine rings is 1. The van der Waals surface area contributed by atoms with Gasteiger partial charge < -0.3 is 19.7 Å². The molecule has 1 aromatic rings. The van der Waals surface area contributed by atoms with Gasteiger partial charge >= 0.3 is 0 Å². The number of rotatable bonds is 5. The molecule has 138 valence electrons. The molecule has 2 heterocycles. The Hall–Kier alpha value is -1.79. The molecule has 0 spiro atoms. The second-order valence-corrected chi connectivity index (χ2v) is 6.84. The number of amides is 1. The van der Waals surface area contributed by atoms with Gasteiger partial charge in [0, 0.05) is 32.2 Å². The summed E-state index contributed by atoms with van der Waals surface area (Å²) in [5, 5.41) is 3.20. The Bertz CT molecular complexity index is 573. The van der Waals surface area contributed by atoms with Crippen molar-refractivity contribution in [2.75, 3.05) is 51.8 Å². The monoisotopic (exact) mass is 347 g/mol. The number of carbonyl (C=O) groups excluding carboxylic acids is 1. The first-order valence-electron chi connectivity index (χ1n) is 9.17. The quantitative estimate of drug-likeness (QED) is 0.881. The van der Waals surface area contributed by atoms with Crippen LogP contribution in [0.5, 0.6) is 5.75 Å². The largest absolute Gasteiger partial charge is 0.495 e. The summed E-state index contributed by atoms with van der Waals surface area (Å²) >= 11 is 0. The minimum absolute atomic E-state index is 0.153. The van der Waals surface area contributed by atoms with Gasteiger partial charge in [-0.3, -0.25) is 9.69 Å². The first-order valence-corrected chi connectivity index (χ1v) is 9.17. The fourth-order valence-corrected chi connectivity index (χ4v) is 3.73. The predicted octanol–water partition coefficient (Wildman–Crippen LogP) is 1.82. The maximum absolute atomic E-state index is 12.5. The molecule has 1 N–H and O–H groups in total. The Morgan fingerprint density at radius 3 is 2.76 bits per heavy atom. The van der Waals surface area contributed by atoms with Crippen molar-refractivity contribution in [3.05, 3.63) is 24.3 Å². The van der Waals surface area contributed by atoms with Crippen LogP contribution in [0.3, 0.4) is 0 Å². The van der Waals surface area contributed by atoms with Gasteiger partial charge in [-0.2, -0.15) is 0 Å². The zero-order valence-corrected chi connectivity index (χ0v) is 15.2. The van der Waals surface area contributed by atoms with E-state index in [1.54, 1.807) is 7.11 Å². The maximum atomic E-state index is 12.5. The van der Waals surface area contributed by atoms with E-state index >= 15 is 0 Å². The number of methoxy groups -OCH3 is 1. The van der Waals surface area contributed by atoms with Crippen LogP contribution in [-0.4, -0.2) is 74.3 Å². The number of benzene rings is 1. The molecule has 0 radical (unpaired) electrons. The smallest absolute Gasteiger partial charge is 0.241 e. The molecule has 2 saturated heterocycles. The molecule has 0 unspecified atom stereocenters. The minimum Gasteiger partial charge on any atom is -0.495 e. The van der Waals surface area contributed by atoms with Crippen molar-refractivity contribution in [2.45, 2.75) is 31.9 Å². The number of para-hydroxylation sites is 2. The Morgan fingerprint density at radius 2 is 2.04 bits per heavy atom. The Balaban J connectivity index is 1.45. The molecule has 2 fully saturated rings. The van der Waals surface area contributed by atoms with E-state index in [1.165, 1.54) is 0 Å². The topological polar surface area (TPSA) is 54.0 Å². The molecule has 1 aromatic carbocycles. The highest BCUT2D eigenvalue weighted by atomic mass is 16.5. The highest BCUT2D eigenvalue weighted by molar-refractivity contribution is 5.81. The predicted molar refractivity (Wildman–Crippen MR) is 98.1 cm³/mol. The molecule has 0 aromatic heterocycles. The Morgan fingerprint density at radius 1 is 1.28 bits per heavy atom. The molecule has 6 nitrogen and oxygen atoms in total. The number of hydrogen-bond acceptors (Lipinski definition) is 5. The van der Waals surface area contributed by atoms with E-state index in [-0.39, 0.29) is 5.91 Å². The van der Waals surface area contributed by atoms with Crippen molar-refractivity contribution in [2.24, 2.45) is 0 Å². The van der Waals surface area contributed by atoms with Crippen LogP contribution in [0, 0.1) is 0 Å². The fraction of sp³-hybridized carbons (Fsp3) is 0.632. The fourth-order valence-electron chi connectivity index (χ4n) is 3.73. The third-order valence-corrected chi connectivity index (χ3v) is 5.14. The Kier molecular flexibility index (Phi) is 6.15. The molecule has 2 aliphatic heterocycles. The van der Waals surface area contributed by atoms with Crippen molar-refractivity contribution < 1.29 is 14.3 Å². The lowest BCUT2D eigenvalue weighted by Gasteiger charge is -2.41. The van der Waals surface area contributed by atoms with Gasteiger partial charge in [-0.15, -0.1) is 0 Å². The third-order valence-electron chi connectivity index (χ3n) is 5.14. The van der Waals surface area contributed by atoms with Crippen molar-refractivity contribution in [1.82, 2.24) is 9.80 Å². The van der Waals surface area contributed by atoms with Crippen LogP contribution in [0.25, 0.3) is 0 Å². The number of carbonyl (C=O) groups is 1. The SMILES string of the molecule is COc1ccccc1NCC(=O)N1CCC(N2CCO[C@@H](C)C2)CC1. The summed E-state index contributed by atoms with van der Waals surface area (Å²) in [7, 11) is 1.64. The van der Waals surface area contributed by atoms with Crippen LogP contribution in [0.2, 0.25) is 0 Å². The number of morpholine rings is 1. The number of ether oxygens (including phenoxy) is 2. The first kappa shape index (κ1) is 18.0. The number of nitrogens with one attached hydrogen (secondary N) is 1. The standard InChI is InChI=1S/C19H29N3O3/c1-15-14-22(11-12-25-15)16-7-9-21(10-8-16)19(23)13-20-17-5-3-4-6-18(17)24-2/h3-6,15-16,20H,7-14H2,1-2H3/t15-/m0/s1. The van der Waals surface area contributed by atoms with Crippen LogP contribution in [-0.2, 0) is 9.53 Å². The van der Waals surface area contributed by atoms with Crippen molar-refractivity contribution >= 4 is 11.6 Å². The van der Waals surface area contributed by atoms with Gasteiger partial charge in [0.25, 0.3) is 0 Å². The summed E-state index contributed by atoms with van der Waals surface area (Å²) < 4.78 is 10.9. The zero-order chi connectivity index (χ0) is 17.6. The highest BCUT2D eigenvalue weighted by Crippen LogP contribution is 2.23. The molecule has 6 heteroatoms. The normalized spacial score (nSPS) is 22.6. The molecule has 0 saturated carbocycles. The van der Waals surface area contributed by atoms with Gasteiger partial charge in [-0.25, -0.2) is 0 Å². The summed E-state index contributed by atoms with van der Waals surface area (Å²) in [6.07, 6.45) is 2.42. The van der Waals surface area contributed by atoms with Gasteiger partial charge in [0.1, 0.15) is 5.75 Å². The van der Waals surface area contributed by atoms with Crippen LogP contribution in [0.15, 0.2) is 24.3 Å². The van der Waals surface area contributed by atoms with Crippen LogP contribution in [0.1, 0.15) is 19.8 Å². The van der Waals surface area contributed by atoms with Gasteiger partial charge in [-0.05, 0) is 31.9 Å². The van der Waals surface area contributed by atoms with Crippen LogP contribution in [0.4, 0.5) is 5.69 Å². The van der Waals surface area contributed by atoms with E-state index < -0.39 is 0 Å². The molecular weight excluding hydrogens is 318 g/mol. The lowest BCUT2D eigenvalue weighted by Crippen LogP contribution is -2.52. The molecule has 2 aliphatic rings. The van der Waals surface area contributed by atoms with E-state index in [9.17, 15) is 4.79 Å². The number of nitrogens with zero attached hydrogens (tertiary/aromatic N) is 2. The van der Waals surface area contributed by atoms with Crippen molar-refractivity contribution in [3.63, 3.8) is 0 Å². The van der Waals surface area contributed by atoms with E-state index in [0.717, 1.165) is 57.1 Å². The number of likely N-dealkylation sites (tertiary alicyclic amines) is 1. The van der Waals surface area contributed by atoms with Gasteiger partial charge in [0.2, 0.25) is 5.91 Å². The second-order valence-electron chi connectivity index (χ2n) is 6.84. The molecule has 3 rings (SSSR count). The summed E-state index contributed by atoms with van der Waals surface area (Å²) in [5.41, 5.74) is 0.857. The van der Waals surface area contributed by atoms with Crippen LogP contribution < -0.4 is 10.1 Å². The minimum atomic E-state index is 0.153. The second kappa shape index (κ2) is 8.54. The van der Waals surface area contributed by atoms with Crippen LogP contribution >= 0.6 is 0 Å². The summed E-state index contributed by atoms with van der Waals surface area (Å²) in [6.45, 7) is 6.95. The Labute approximate surface area is 150 Å². The van der Waals surface area contributed by atoms with Gasteiger partial charge in [-0.1, -0.05) is 12.1 Å².